The number of carbonyl (C=O) groups is 1. The summed E-state index contributed by atoms with van der Waals surface area (Å²) in [5.41, 5.74) is 0.569. The Morgan fingerprint density at radius 2 is 2.14 bits per heavy atom. The molecule has 6 nitrogen and oxygen atoms in total. The molecule has 0 radical (unpaired) electrons. The molecule has 0 aliphatic carbocycles. The highest BCUT2D eigenvalue weighted by Gasteiger charge is 2.13. The van der Waals surface area contributed by atoms with Gasteiger partial charge in [-0.2, -0.15) is 0 Å². The highest BCUT2D eigenvalue weighted by molar-refractivity contribution is 7.12. The Morgan fingerprint density at radius 1 is 1.33 bits per heavy atom. The number of hydrogen-bond donors (Lipinski definition) is 0. The lowest BCUT2D eigenvalue weighted by Gasteiger charge is -2.09. The lowest BCUT2D eigenvalue weighted by molar-refractivity contribution is -0.400. The lowest BCUT2D eigenvalue weighted by Crippen LogP contribution is -2.07. The van der Waals surface area contributed by atoms with Crippen LogP contribution in [0.4, 0.5) is 0 Å². The fourth-order valence-corrected chi connectivity index (χ4v) is 2.16. The van der Waals surface area contributed by atoms with E-state index in [2.05, 4.69) is 0 Å². The van der Waals surface area contributed by atoms with Crippen molar-refractivity contribution in [2.24, 2.45) is 0 Å². The van der Waals surface area contributed by atoms with E-state index in [1.807, 2.05) is 0 Å². The second-order valence-electron chi connectivity index (χ2n) is 3.88. The molecule has 0 amide bonds. The number of benzene rings is 1. The molecular formula is C14H11NO5S. The predicted octanol–water partition coefficient (Wildman–Crippen LogP) is 3.22. The molecule has 0 spiro atoms. The fourth-order valence-electron chi connectivity index (χ4n) is 1.56. The van der Waals surface area contributed by atoms with Gasteiger partial charge in [0, 0.05) is 6.08 Å². The Balaban J connectivity index is 2.20. The Hall–Kier alpha value is -2.67. The summed E-state index contributed by atoms with van der Waals surface area (Å²) < 4.78 is 10.4. The van der Waals surface area contributed by atoms with E-state index in [1.54, 1.807) is 29.6 Å². The van der Waals surface area contributed by atoms with Crippen molar-refractivity contribution in [3.8, 4) is 11.5 Å². The average Bonchev–Trinajstić information content (AvgIpc) is 3.00. The third-order valence-corrected chi connectivity index (χ3v) is 3.35. The molecule has 1 heterocycles. The highest BCUT2D eigenvalue weighted by Crippen LogP contribution is 2.29. The number of rotatable bonds is 5. The molecule has 21 heavy (non-hydrogen) atoms. The van der Waals surface area contributed by atoms with Crippen LogP contribution in [-0.4, -0.2) is 18.0 Å². The minimum Gasteiger partial charge on any atom is -0.493 e. The highest BCUT2D eigenvalue weighted by atomic mass is 32.1. The molecule has 0 aliphatic heterocycles. The molecule has 0 saturated carbocycles. The summed E-state index contributed by atoms with van der Waals surface area (Å²) in [5, 5.41) is 12.1. The number of thiophene rings is 1. The van der Waals surface area contributed by atoms with E-state index in [1.165, 1.54) is 30.6 Å². The Morgan fingerprint density at radius 3 is 2.76 bits per heavy atom. The molecule has 2 rings (SSSR count). The van der Waals surface area contributed by atoms with Crippen LogP contribution in [0.2, 0.25) is 0 Å². The van der Waals surface area contributed by atoms with Gasteiger partial charge < -0.3 is 9.47 Å². The van der Waals surface area contributed by atoms with Crippen LogP contribution in [0.1, 0.15) is 15.2 Å². The smallest absolute Gasteiger partial charge is 0.353 e. The van der Waals surface area contributed by atoms with E-state index in [-0.39, 0.29) is 5.75 Å². The topological polar surface area (TPSA) is 78.7 Å². The number of esters is 1. The predicted molar refractivity (Wildman–Crippen MR) is 78.3 cm³/mol. The zero-order valence-electron chi connectivity index (χ0n) is 11.0. The number of hydrogen-bond acceptors (Lipinski definition) is 6. The van der Waals surface area contributed by atoms with Crippen molar-refractivity contribution in [2.75, 3.05) is 7.11 Å². The molecule has 0 fully saturated rings. The van der Waals surface area contributed by atoms with Crippen LogP contribution < -0.4 is 9.47 Å². The number of carbonyl (C=O) groups excluding carboxylic acids is 1. The van der Waals surface area contributed by atoms with Gasteiger partial charge in [0.15, 0.2) is 11.5 Å². The van der Waals surface area contributed by atoms with Crippen LogP contribution in [0.25, 0.3) is 6.08 Å². The van der Waals surface area contributed by atoms with Gasteiger partial charge in [-0.15, -0.1) is 11.3 Å². The van der Waals surface area contributed by atoms with Crippen molar-refractivity contribution in [3.63, 3.8) is 0 Å². The molecule has 0 unspecified atom stereocenters. The molecule has 7 heteroatoms. The van der Waals surface area contributed by atoms with Crippen LogP contribution in [0.3, 0.4) is 0 Å². The molecule has 108 valence electrons. The third-order valence-electron chi connectivity index (χ3n) is 2.50. The summed E-state index contributed by atoms with van der Waals surface area (Å²) in [6.45, 7) is 0. The standard InChI is InChI=1S/C14H11NO5S/c1-19-12-9-10(6-7-15(17)18)4-5-11(12)20-14(16)13-3-2-8-21-13/h2-9H,1H3/b7-6-. The van der Waals surface area contributed by atoms with Crippen LogP contribution in [0.15, 0.2) is 41.9 Å². The van der Waals surface area contributed by atoms with Gasteiger partial charge in [-0.1, -0.05) is 12.1 Å². The lowest BCUT2D eigenvalue weighted by atomic mass is 10.2. The number of nitro groups is 1. The summed E-state index contributed by atoms with van der Waals surface area (Å²) in [5.74, 6) is 0.108. The minimum absolute atomic E-state index is 0.258. The Kier molecular flexibility index (Phi) is 4.68. The van der Waals surface area contributed by atoms with E-state index in [0.717, 1.165) is 6.20 Å². The maximum absolute atomic E-state index is 11.9. The molecule has 1 aromatic heterocycles. The van der Waals surface area contributed by atoms with Gasteiger partial charge in [0.2, 0.25) is 6.20 Å². The van der Waals surface area contributed by atoms with Gasteiger partial charge in [-0.3, -0.25) is 10.1 Å². The summed E-state index contributed by atoms with van der Waals surface area (Å²) in [6.07, 6.45) is 2.15. The second kappa shape index (κ2) is 6.67. The molecular weight excluding hydrogens is 294 g/mol. The van der Waals surface area contributed by atoms with Gasteiger partial charge in [0.1, 0.15) is 4.88 Å². The van der Waals surface area contributed by atoms with E-state index in [9.17, 15) is 14.9 Å². The van der Waals surface area contributed by atoms with Crippen molar-refractivity contribution in [3.05, 3.63) is 62.5 Å². The summed E-state index contributed by atoms with van der Waals surface area (Å²) in [6, 6.07) is 8.10. The SMILES string of the molecule is COc1cc(/C=C\[N+](=O)[O-])ccc1OC(=O)c1cccs1. The van der Waals surface area contributed by atoms with Crippen LogP contribution in [0.5, 0.6) is 11.5 Å². The Bertz CT molecular complexity index is 679. The zero-order chi connectivity index (χ0) is 15.2. The normalized spacial score (nSPS) is 10.5. The van der Waals surface area contributed by atoms with Gasteiger partial charge in [-0.05, 0) is 29.1 Å². The first-order valence-electron chi connectivity index (χ1n) is 5.85. The largest absolute Gasteiger partial charge is 0.493 e. The maximum atomic E-state index is 11.9. The van der Waals surface area contributed by atoms with Gasteiger partial charge in [0.05, 0.1) is 12.0 Å². The molecule has 1 aromatic carbocycles. The molecule has 0 atom stereocenters. The summed E-state index contributed by atoms with van der Waals surface area (Å²) in [7, 11) is 1.43. The molecule has 2 aromatic rings. The molecule has 0 saturated heterocycles. The monoisotopic (exact) mass is 305 g/mol. The van der Waals surface area contributed by atoms with Crippen LogP contribution in [0, 0.1) is 10.1 Å². The van der Waals surface area contributed by atoms with Crippen molar-refractivity contribution >= 4 is 23.4 Å². The number of ether oxygens (including phenoxy) is 2. The number of methoxy groups -OCH3 is 1. The van der Waals surface area contributed by atoms with E-state index in [0.29, 0.717) is 16.2 Å². The summed E-state index contributed by atoms with van der Waals surface area (Å²) >= 11 is 1.28. The Labute approximate surface area is 124 Å². The van der Waals surface area contributed by atoms with Gasteiger partial charge >= 0.3 is 5.97 Å². The van der Waals surface area contributed by atoms with E-state index >= 15 is 0 Å². The molecule has 0 bridgehead atoms. The van der Waals surface area contributed by atoms with Crippen molar-refractivity contribution < 1.29 is 19.2 Å². The third kappa shape index (κ3) is 3.90. The van der Waals surface area contributed by atoms with Crippen molar-refractivity contribution in [2.45, 2.75) is 0 Å². The first-order valence-corrected chi connectivity index (χ1v) is 6.73. The first-order chi connectivity index (χ1) is 10.1. The van der Waals surface area contributed by atoms with Crippen LogP contribution in [-0.2, 0) is 0 Å². The molecule has 0 N–H and O–H groups in total. The van der Waals surface area contributed by atoms with E-state index in [4.69, 9.17) is 9.47 Å². The molecule has 0 aliphatic rings. The van der Waals surface area contributed by atoms with Gasteiger partial charge in [0.25, 0.3) is 0 Å². The average molecular weight is 305 g/mol. The van der Waals surface area contributed by atoms with Gasteiger partial charge in [-0.25, -0.2) is 4.79 Å². The second-order valence-corrected chi connectivity index (χ2v) is 4.83. The van der Waals surface area contributed by atoms with Crippen LogP contribution >= 0.6 is 11.3 Å². The van der Waals surface area contributed by atoms with Crippen molar-refractivity contribution in [1.82, 2.24) is 0 Å². The first kappa shape index (κ1) is 14.7. The van der Waals surface area contributed by atoms with Crippen molar-refractivity contribution in [1.29, 1.82) is 0 Å². The summed E-state index contributed by atoms with van der Waals surface area (Å²) in [4.78, 5) is 22.1. The maximum Gasteiger partial charge on any atom is 0.353 e. The van der Waals surface area contributed by atoms with E-state index < -0.39 is 10.9 Å². The fraction of sp³-hybridized carbons (Fsp3) is 0.0714. The zero-order valence-corrected chi connectivity index (χ0v) is 11.8. The minimum atomic E-state index is -0.558. The quantitative estimate of drug-likeness (QED) is 0.367. The number of nitrogens with zero attached hydrogens (tertiary/aromatic N) is 1.